The molecule has 1 aromatic carbocycles. The Bertz CT molecular complexity index is 481. The first-order valence-electron chi connectivity index (χ1n) is 4.92. The molecule has 0 saturated heterocycles. The van der Waals surface area contributed by atoms with E-state index in [0.29, 0.717) is 11.8 Å². The summed E-state index contributed by atoms with van der Waals surface area (Å²) in [6.07, 6.45) is 0.295. The van der Waals surface area contributed by atoms with E-state index in [1.54, 1.807) is 13.8 Å². The van der Waals surface area contributed by atoms with E-state index in [9.17, 15) is 19.7 Å². The molecular formula is C11H11NO5. The van der Waals surface area contributed by atoms with Gasteiger partial charge in [0.15, 0.2) is 6.29 Å². The molecule has 90 valence electrons. The molecule has 0 saturated carbocycles. The fourth-order valence-corrected chi connectivity index (χ4v) is 1.43. The molecule has 0 spiro atoms. The molecule has 0 aliphatic heterocycles. The van der Waals surface area contributed by atoms with E-state index in [1.165, 1.54) is 12.1 Å². The smallest absolute Gasteiger partial charge is 0.339 e. The van der Waals surface area contributed by atoms with Crippen molar-refractivity contribution in [3.05, 3.63) is 38.9 Å². The van der Waals surface area contributed by atoms with Crippen molar-refractivity contribution < 1.29 is 19.2 Å². The molecule has 6 heteroatoms. The molecular weight excluding hydrogens is 226 g/mol. The van der Waals surface area contributed by atoms with Gasteiger partial charge in [0, 0.05) is 6.07 Å². The minimum atomic E-state index is -0.735. The van der Waals surface area contributed by atoms with Crippen LogP contribution in [-0.4, -0.2) is 23.8 Å². The van der Waals surface area contributed by atoms with Gasteiger partial charge in [0.25, 0.3) is 5.69 Å². The molecule has 0 unspecified atom stereocenters. The maximum atomic E-state index is 11.5. The first-order valence-corrected chi connectivity index (χ1v) is 4.92. The average Bonchev–Trinajstić information content (AvgIpc) is 2.28. The van der Waals surface area contributed by atoms with Gasteiger partial charge < -0.3 is 4.74 Å². The third kappa shape index (κ3) is 2.66. The molecule has 0 bridgehead atoms. The lowest BCUT2D eigenvalue weighted by atomic mass is 10.0. The largest absolute Gasteiger partial charge is 0.462 e. The molecule has 0 atom stereocenters. The van der Waals surface area contributed by atoms with Gasteiger partial charge in [-0.3, -0.25) is 14.9 Å². The maximum Gasteiger partial charge on any atom is 0.339 e. The molecule has 0 N–H and O–H groups in total. The monoisotopic (exact) mass is 237 g/mol. The minimum absolute atomic E-state index is 0.0754. The average molecular weight is 237 g/mol. The molecule has 0 aliphatic rings. The number of hydrogen-bond acceptors (Lipinski definition) is 5. The molecule has 0 fully saturated rings. The number of aldehydes is 1. The molecule has 1 aromatic rings. The highest BCUT2D eigenvalue weighted by atomic mass is 16.6. The van der Waals surface area contributed by atoms with E-state index in [1.807, 2.05) is 0 Å². The van der Waals surface area contributed by atoms with Gasteiger partial charge >= 0.3 is 5.97 Å². The van der Waals surface area contributed by atoms with Crippen LogP contribution in [-0.2, 0) is 4.74 Å². The molecule has 0 amide bonds. The van der Waals surface area contributed by atoms with Crippen molar-refractivity contribution >= 4 is 17.9 Å². The second-order valence-electron chi connectivity index (χ2n) is 3.34. The summed E-state index contributed by atoms with van der Waals surface area (Å²) in [4.78, 5) is 32.5. The Morgan fingerprint density at radius 1 is 1.53 bits per heavy atom. The van der Waals surface area contributed by atoms with Crippen molar-refractivity contribution in [3.63, 3.8) is 0 Å². The Labute approximate surface area is 97.3 Å². The van der Waals surface area contributed by atoms with E-state index in [4.69, 9.17) is 4.74 Å². The summed E-state index contributed by atoms with van der Waals surface area (Å²) in [6, 6.07) is 2.64. The normalized spacial score (nSPS) is 9.76. The number of nitrogens with zero attached hydrogens (tertiary/aromatic N) is 1. The third-order valence-electron chi connectivity index (χ3n) is 2.11. The van der Waals surface area contributed by atoms with Gasteiger partial charge in [0.2, 0.25) is 0 Å². The van der Waals surface area contributed by atoms with Crippen molar-refractivity contribution in [1.29, 1.82) is 0 Å². The van der Waals surface area contributed by atoms with E-state index >= 15 is 0 Å². The summed E-state index contributed by atoms with van der Waals surface area (Å²) >= 11 is 0. The predicted molar refractivity (Wildman–Crippen MR) is 59.2 cm³/mol. The lowest BCUT2D eigenvalue weighted by Crippen LogP contribution is -2.10. The molecule has 0 heterocycles. The lowest BCUT2D eigenvalue weighted by Gasteiger charge is -2.06. The minimum Gasteiger partial charge on any atom is -0.462 e. The Kier molecular flexibility index (Phi) is 3.92. The summed E-state index contributed by atoms with van der Waals surface area (Å²) < 4.78 is 4.74. The van der Waals surface area contributed by atoms with Crippen molar-refractivity contribution in [1.82, 2.24) is 0 Å². The fraction of sp³-hybridized carbons (Fsp3) is 0.273. The van der Waals surface area contributed by atoms with Gasteiger partial charge in [0.1, 0.15) is 5.56 Å². The first-order chi connectivity index (χ1) is 8.01. The zero-order chi connectivity index (χ0) is 13.0. The molecule has 0 aromatic heterocycles. The lowest BCUT2D eigenvalue weighted by molar-refractivity contribution is -0.385. The molecule has 0 radical (unpaired) electrons. The molecule has 0 aliphatic carbocycles. The first kappa shape index (κ1) is 12.8. The van der Waals surface area contributed by atoms with Crippen LogP contribution in [0.25, 0.3) is 0 Å². The Morgan fingerprint density at radius 3 is 2.65 bits per heavy atom. The Hall–Kier alpha value is -2.24. The predicted octanol–water partition coefficient (Wildman–Crippen LogP) is 1.89. The van der Waals surface area contributed by atoms with E-state index < -0.39 is 10.9 Å². The van der Waals surface area contributed by atoms with Crippen LogP contribution in [0.15, 0.2) is 12.1 Å². The van der Waals surface area contributed by atoms with Gasteiger partial charge in [0.05, 0.1) is 17.1 Å². The zero-order valence-electron chi connectivity index (χ0n) is 9.43. The van der Waals surface area contributed by atoms with Crippen LogP contribution in [0, 0.1) is 17.0 Å². The van der Waals surface area contributed by atoms with Gasteiger partial charge in [-0.05, 0) is 25.5 Å². The highest BCUT2D eigenvalue weighted by Crippen LogP contribution is 2.23. The number of rotatable bonds is 4. The topological polar surface area (TPSA) is 86.5 Å². The number of benzene rings is 1. The Balaban J connectivity index is 3.43. The van der Waals surface area contributed by atoms with Crippen LogP contribution < -0.4 is 0 Å². The molecule has 1 rings (SSSR count). The highest BCUT2D eigenvalue weighted by molar-refractivity contribution is 6.01. The SMILES string of the molecule is CCOC(=O)c1cc(C)cc([N+](=O)[O-])c1C=O. The number of nitro groups is 1. The number of aryl methyl sites for hydroxylation is 1. The number of hydrogen-bond donors (Lipinski definition) is 0. The standard InChI is InChI=1S/C11H11NO5/c1-3-17-11(14)8-4-7(2)5-10(12(15)16)9(8)6-13/h4-6H,3H2,1-2H3. The highest BCUT2D eigenvalue weighted by Gasteiger charge is 2.22. The van der Waals surface area contributed by atoms with Gasteiger partial charge in [-0.1, -0.05) is 0 Å². The molecule has 6 nitrogen and oxygen atoms in total. The van der Waals surface area contributed by atoms with Crippen LogP contribution in [0.4, 0.5) is 5.69 Å². The van der Waals surface area contributed by atoms with Crippen molar-refractivity contribution in [2.45, 2.75) is 13.8 Å². The van der Waals surface area contributed by atoms with Crippen molar-refractivity contribution in [3.8, 4) is 0 Å². The van der Waals surface area contributed by atoms with Crippen molar-refractivity contribution in [2.24, 2.45) is 0 Å². The summed E-state index contributed by atoms with van der Waals surface area (Å²) in [5.41, 5.74) is -0.194. The number of carbonyl (C=O) groups is 2. The van der Waals surface area contributed by atoms with Crippen LogP contribution >= 0.6 is 0 Å². The quantitative estimate of drug-likeness (QED) is 0.345. The zero-order valence-corrected chi connectivity index (χ0v) is 9.43. The molecule has 17 heavy (non-hydrogen) atoms. The van der Waals surface area contributed by atoms with Gasteiger partial charge in [-0.2, -0.15) is 0 Å². The van der Waals surface area contributed by atoms with Crippen molar-refractivity contribution in [2.75, 3.05) is 6.61 Å². The number of esters is 1. The summed E-state index contributed by atoms with van der Waals surface area (Å²) in [5.74, 6) is -0.735. The third-order valence-corrected chi connectivity index (χ3v) is 2.11. The van der Waals surface area contributed by atoms with Gasteiger partial charge in [-0.15, -0.1) is 0 Å². The maximum absolute atomic E-state index is 11.5. The number of carbonyl (C=O) groups excluding carboxylic acids is 2. The second-order valence-corrected chi connectivity index (χ2v) is 3.34. The number of ether oxygens (including phenoxy) is 1. The Morgan fingerprint density at radius 2 is 2.18 bits per heavy atom. The van der Waals surface area contributed by atoms with E-state index in [-0.39, 0.29) is 23.4 Å². The van der Waals surface area contributed by atoms with Crippen LogP contribution in [0.2, 0.25) is 0 Å². The van der Waals surface area contributed by atoms with Crippen LogP contribution in [0.5, 0.6) is 0 Å². The fourth-order valence-electron chi connectivity index (χ4n) is 1.43. The van der Waals surface area contributed by atoms with E-state index in [0.717, 1.165) is 0 Å². The summed E-state index contributed by atoms with van der Waals surface area (Å²) in [5, 5.41) is 10.8. The van der Waals surface area contributed by atoms with E-state index in [2.05, 4.69) is 0 Å². The second kappa shape index (κ2) is 5.20. The van der Waals surface area contributed by atoms with Gasteiger partial charge in [-0.25, -0.2) is 4.79 Å². The summed E-state index contributed by atoms with van der Waals surface area (Å²) in [7, 11) is 0. The van der Waals surface area contributed by atoms with Crippen LogP contribution in [0.3, 0.4) is 0 Å². The van der Waals surface area contributed by atoms with Crippen LogP contribution in [0.1, 0.15) is 33.2 Å². The number of nitro benzene ring substituents is 1. The summed E-state index contributed by atoms with van der Waals surface area (Å²) in [6.45, 7) is 3.35.